The maximum absolute atomic E-state index is 10.2. The number of aliphatic hydroxyl groups excluding tert-OH is 2. The lowest BCUT2D eigenvalue weighted by atomic mass is 9.84. The van der Waals surface area contributed by atoms with Crippen LogP contribution in [0.2, 0.25) is 0 Å². The average molecular weight is 407 g/mol. The van der Waals surface area contributed by atoms with Gasteiger partial charge in [0, 0.05) is 11.5 Å². The molecule has 0 spiro atoms. The molecule has 1 aliphatic heterocycles. The second kappa shape index (κ2) is 9.49. The van der Waals surface area contributed by atoms with Crippen LogP contribution < -0.4 is 4.74 Å². The van der Waals surface area contributed by atoms with Crippen LogP contribution in [-0.2, 0) is 16.8 Å². The first-order chi connectivity index (χ1) is 14.3. The van der Waals surface area contributed by atoms with E-state index in [1.807, 2.05) is 36.4 Å². The Bertz CT molecular complexity index is 942. The van der Waals surface area contributed by atoms with Gasteiger partial charge in [-0.15, -0.1) is 0 Å². The Morgan fingerprint density at radius 1 is 1.20 bits per heavy atom. The summed E-state index contributed by atoms with van der Waals surface area (Å²) >= 11 is 0. The van der Waals surface area contributed by atoms with E-state index in [9.17, 15) is 10.2 Å². The zero-order chi connectivity index (χ0) is 21.7. The smallest absolute Gasteiger partial charge is 0.119 e. The van der Waals surface area contributed by atoms with Gasteiger partial charge in [-0.2, -0.15) is 0 Å². The van der Waals surface area contributed by atoms with Gasteiger partial charge >= 0.3 is 0 Å². The van der Waals surface area contributed by atoms with Gasteiger partial charge in [0.05, 0.1) is 26.4 Å². The van der Waals surface area contributed by atoms with Crippen molar-refractivity contribution >= 4 is 0 Å². The van der Waals surface area contributed by atoms with Crippen LogP contribution in [0.25, 0.3) is 0 Å². The first-order valence-corrected chi connectivity index (χ1v) is 10.2. The molecular formula is C26H30O4. The number of fused-ring (bicyclic) bond motifs is 1. The number of rotatable bonds is 4. The minimum atomic E-state index is -0.965. The maximum atomic E-state index is 10.2. The average Bonchev–Trinajstić information content (AvgIpc) is 2.75. The Balaban J connectivity index is 1.82. The van der Waals surface area contributed by atoms with Crippen molar-refractivity contribution in [2.45, 2.75) is 50.9 Å². The summed E-state index contributed by atoms with van der Waals surface area (Å²) in [5.74, 6) is 6.79. The molecule has 0 aromatic heterocycles. The third-order valence-corrected chi connectivity index (χ3v) is 5.42. The summed E-state index contributed by atoms with van der Waals surface area (Å²) in [5, 5.41) is 19.7. The second-order valence-electron chi connectivity index (χ2n) is 8.57. The van der Waals surface area contributed by atoms with E-state index >= 15 is 0 Å². The fraction of sp³-hybridized carbons (Fsp3) is 0.385. The quantitative estimate of drug-likeness (QED) is 0.756. The van der Waals surface area contributed by atoms with E-state index in [0.717, 1.165) is 22.4 Å². The van der Waals surface area contributed by atoms with Crippen molar-refractivity contribution in [2.24, 2.45) is 0 Å². The molecular weight excluding hydrogens is 376 g/mol. The number of ether oxygens (including phenoxy) is 2. The summed E-state index contributed by atoms with van der Waals surface area (Å²) < 4.78 is 11.2. The van der Waals surface area contributed by atoms with Gasteiger partial charge in [-0.05, 0) is 52.4 Å². The highest BCUT2D eigenvalue weighted by molar-refractivity contribution is 5.43. The van der Waals surface area contributed by atoms with Crippen LogP contribution >= 0.6 is 0 Å². The molecule has 0 bridgehead atoms. The molecule has 0 amide bonds. The molecule has 3 rings (SSSR count). The number of hydrogen-bond donors (Lipinski definition) is 2. The molecule has 4 nitrogen and oxygen atoms in total. The molecule has 2 N–H and O–H groups in total. The molecule has 3 atom stereocenters. The van der Waals surface area contributed by atoms with Crippen LogP contribution in [0, 0.1) is 11.8 Å². The molecule has 4 heteroatoms. The van der Waals surface area contributed by atoms with E-state index in [-0.39, 0.29) is 17.9 Å². The van der Waals surface area contributed by atoms with Gasteiger partial charge < -0.3 is 19.7 Å². The molecule has 0 saturated carbocycles. The molecule has 0 aliphatic carbocycles. The van der Waals surface area contributed by atoms with Crippen molar-refractivity contribution in [1.29, 1.82) is 0 Å². The Labute approximate surface area is 179 Å². The first kappa shape index (κ1) is 22.1. The normalized spacial score (nSPS) is 19.7. The van der Waals surface area contributed by atoms with Crippen LogP contribution in [0.3, 0.4) is 0 Å². The SMILES string of the molecule is COc1ccc2c(c1)CO[C@H]([C@H](O)CO)[C@H]2C=CC#Cc1ccc(C(C)(C)C)cc1. The molecule has 2 aromatic rings. The van der Waals surface area contributed by atoms with Crippen LogP contribution in [0.15, 0.2) is 54.6 Å². The highest BCUT2D eigenvalue weighted by Gasteiger charge is 2.33. The molecule has 2 aromatic carbocycles. The van der Waals surface area contributed by atoms with E-state index in [0.29, 0.717) is 6.61 Å². The van der Waals surface area contributed by atoms with Gasteiger partial charge in [-0.25, -0.2) is 0 Å². The zero-order valence-electron chi connectivity index (χ0n) is 18.1. The van der Waals surface area contributed by atoms with Gasteiger partial charge in [-0.3, -0.25) is 0 Å². The van der Waals surface area contributed by atoms with Crippen LogP contribution in [0.5, 0.6) is 5.75 Å². The van der Waals surface area contributed by atoms with E-state index < -0.39 is 12.2 Å². The topological polar surface area (TPSA) is 58.9 Å². The summed E-state index contributed by atoms with van der Waals surface area (Å²) in [7, 11) is 1.63. The van der Waals surface area contributed by atoms with Crippen molar-refractivity contribution in [3.8, 4) is 17.6 Å². The largest absolute Gasteiger partial charge is 0.497 e. The lowest BCUT2D eigenvalue weighted by Crippen LogP contribution is -2.39. The molecule has 0 fully saturated rings. The molecule has 0 unspecified atom stereocenters. The van der Waals surface area contributed by atoms with Crippen molar-refractivity contribution in [2.75, 3.05) is 13.7 Å². The Kier molecular flexibility index (Phi) is 6.99. The second-order valence-corrected chi connectivity index (χ2v) is 8.57. The standard InChI is InChI=1S/C26H30O4/c1-26(2,3)20-11-9-18(10-12-20)7-5-6-8-23-22-14-13-21(29-4)15-19(22)17-30-25(23)24(28)16-27/h6,8-15,23-25,27-28H,16-17H2,1-4H3/t23-,24+,25-/m0/s1. The van der Waals surface area contributed by atoms with Crippen LogP contribution in [0.1, 0.15) is 48.9 Å². The lowest BCUT2D eigenvalue weighted by Gasteiger charge is -2.34. The number of allylic oxidation sites excluding steroid dienone is 1. The molecule has 1 heterocycles. The number of methoxy groups -OCH3 is 1. The predicted molar refractivity (Wildman–Crippen MR) is 119 cm³/mol. The minimum absolute atomic E-state index is 0.117. The fourth-order valence-corrected chi connectivity index (χ4v) is 3.62. The molecule has 158 valence electrons. The monoisotopic (exact) mass is 406 g/mol. The minimum Gasteiger partial charge on any atom is -0.497 e. The first-order valence-electron chi connectivity index (χ1n) is 10.2. The van der Waals surface area contributed by atoms with Gasteiger partial charge in [0.15, 0.2) is 0 Å². The molecule has 0 saturated heterocycles. The fourth-order valence-electron chi connectivity index (χ4n) is 3.62. The van der Waals surface area contributed by atoms with Crippen LogP contribution in [-0.4, -0.2) is 36.1 Å². The highest BCUT2D eigenvalue weighted by atomic mass is 16.5. The van der Waals surface area contributed by atoms with Crippen LogP contribution in [0.4, 0.5) is 0 Å². The molecule has 0 radical (unpaired) electrons. The summed E-state index contributed by atoms with van der Waals surface area (Å²) in [6.07, 6.45) is 2.24. The van der Waals surface area contributed by atoms with Crippen molar-refractivity contribution < 1.29 is 19.7 Å². The summed E-state index contributed by atoms with van der Waals surface area (Å²) in [5.41, 5.74) is 4.40. The highest BCUT2D eigenvalue weighted by Crippen LogP contribution is 2.36. The van der Waals surface area contributed by atoms with Gasteiger partial charge in [0.25, 0.3) is 0 Å². The van der Waals surface area contributed by atoms with E-state index in [1.165, 1.54) is 5.56 Å². The lowest BCUT2D eigenvalue weighted by molar-refractivity contribution is -0.0788. The van der Waals surface area contributed by atoms with E-state index in [2.05, 4.69) is 44.7 Å². The van der Waals surface area contributed by atoms with Gasteiger partial charge in [-0.1, -0.05) is 56.9 Å². The predicted octanol–water partition coefficient (Wildman–Crippen LogP) is 3.94. The van der Waals surface area contributed by atoms with Crippen molar-refractivity contribution in [3.05, 3.63) is 76.9 Å². The molecule has 30 heavy (non-hydrogen) atoms. The zero-order valence-corrected chi connectivity index (χ0v) is 18.1. The van der Waals surface area contributed by atoms with Crippen molar-refractivity contribution in [1.82, 2.24) is 0 Å². The van der Waals surface area contributed by atoms with Gasteiger partial charge in [0.1, 0.15) is 11.9 Å². The third-order valence-electron chi connectivity index (χ3n) is 5.42. The van der Waals surface area contributed by atoms with Gasteiger partial charge in [0.2, 0.25) is 0 Å². The summed E-state index contributed by atoms with van der Waals surface area (Å²) in [6, 6.07) is 14.1. The maximum Gasteiger partial charge on any atom is 0.119 e. The third kappa shape index (κ3) is 5.12. The van der Waals surface area contributed by atoms with E-state index in [1.54, 1.807) is 13.2 Å². The Morgan fingerprint density at radius 2 is 1.93 bits per heavy atom. The summed E-state index contributed by atoms with van der Waals surface area (Å²) in [6.45, 7) is 6.57. The number of benzene rings is 2. The number of hydrogen-bond acceptors (Lipinski definition) is 4. The molecule has 1 aliphatic rings. The van der Waals surface area contributed by atoms with E-state index in [4.69, 9.17) is 9.47 Å². The summed E-state index contributed by atoms with van der Waals surface area (Å²) in [4.78, 5) is 0. The Morgan fingerprint density at radius 3 is 2.57 bits per heavy atom. The Hall–Kier alpha value is -2.58. The number of aliphatic hydroxyl groups is 2. The van der Waals surface area contributed by atoms with Crippen molar-refractivity contribution in [3.63, 3.8) is 0 Å².